The predicted octanol–water partition coefficient (Wildman–Crippen LogP) is 2.54. The summed E-state index contributed by atoms with van der Waals surface area (Å²) in [6, 6.07) is 2.14. The van der Waals surface area contributed by atoms with E-state index >= 15 is 0 Å². The summed E-state index contributed by atoms with van der Waals surface area (Å²) in [6.45, 7) is 2.14. The Bertz CT molecular complexity index is 296. The SMILES string of the molecule is CCCCc1csc(N)c1C#N. The van der Waals surface area contributed by atoms with Gasteiger partial charge in [0.2, 0.25) is 0 Å². The van der Waals surface area contributed by atoms with Gasteiger partial charge in [-0.25, -0.2) is 0 Å². The quantitative estimate of drug-likeness (QED) is 0.777. The van der Waals surface area contributed by atoms with Gasteiger partial charge in [0, 0.05) is 0 Å². The van der Waals surface area contributed by atoms with E-state index in [1.807, 2.05) is 5.38 Å². The number of nitrogens with two attached hydrogens (primary N) is 1. The van der Waals surface area contributed by atoms with E-state index in [1.165, 1.54) is 11.3 Å². The van der Waals surface area contributed by atoms with Gasteiger partial charge in [-0.15, -0.1) is 11.3 Å². The number of nitrogen functional groups attached to an aromatic ring is 1. The van der Waals surface area contributed by atoms with Crippen LogP contribution in [-0.2, 0) is 6.42 Å². The molecule has 12 heavy (non-hydrogen) atoms. The first-order chi connectivity index (χ1) is 5.79. The molecule has 64 valence electrons. The van der Waals surface area contributed by atoms with E-state index in [9.17, 15) is 0 Å². The normalized spacial score (nSPS) is 9.67. The van der Waals surface area contributed by atoms with Crippen molar-refractivity contribution in [3.05, 3.63) is 16.5 Å². The summed E-state index contributed by atoms with van der Waals surface area (Å²) < 4.78 is 0. The zero-order valence-corrected chi connectivity index (χ0v) is 7.95. The fraction of sp³-hybridized carbons (Fsp3) is 0.444. The number of unbranched alkanes of at least 4 members (excludes halogenated alkanes) is 1. The van der Waals surface area contributed by atoms with E-state index in [1.54, 1.807) is 0 Å². The van der Waals surface area contributed by atoms with E-state index in [0.29, 0.717) is 10.6 Å². The van der Waals surface area contributed by atoms with E-state index in [0.717, 1.165) is 24.8 Å². The largest absolute Gasteiger partial charge is 0.389 e. The molecule has 2 N–H and O–H groups in total. The minimum atomic E-state index is 0.656. The molecule has 0 unspecified atom stereocenters. The third kappa shape index (κ3) is 1.77. The van der Waals surface area contributed by atoms with Crippen molar-refractivity contribution in [3.63, 3.8) is 0 Å². The molecular weight excluding hydrogens is 168 g/mol. The molecule has 0 aliphatic rings. The van der Waals surface area contributed by atoms with Crippen LogP contribution in [0.15, 0.2) is 5.38 Å². The van der Waals surface area contributed by atoms with E-state index in [4.69, 9.17) is 11.0 Å². The smallest absolute Gasteiger partial charge is 0.104 e. The molecule has 0 bridgehead atoms. The summed E-state index contributed by atoms with van der Waals surface area (Å²) in [4.78, 5) is 0. The molecule has 0 aromatic carbocycles. The first-order valence-corrected chi connectivity index (χ1v) is 4.93. The standard InChI is InChI=1S/C9H12N2S/c1-2-3-4-7-6-12-9(11)8(7)5-10/h6H,2-4,11H2,1H3. The van der Waals surface area contributed by atoms with Gasteiger partial charge >= 0.3 is 0 Å². The van der Waals surface area contributed by atoms with Crippen molar-refractivity contribution < 1.29 is 0 Å². The van der Waals surface area contributed by atoms with Gasteiger partial charge in [-0.1, -0.05) is 13.3 Å². The van der Waals surface area contributed by atoms with Crippen LogP contribution in [0.3, 0.4) is 0 Å². The third-order valence-electron chi connectivity index (χ3n) is 1.81. The van der Waals surface area contributed by atoms with Crippen LogP contribution in [0.25, 0.3) is 0 Å². The molecule has 1 heterocycles. The van der Waals surface area contributed by atoms with Crippen LogP contribution in [0.1, 0.15) is 30.9 Å². The Morgan fingerprint density at radius 3 is 3.00 bits per heavy atom. The monoisotopic (exact) mass is 180 g/mol. The summed E-state index contributed by atoms with van der Waals surface area (Å²) in [7, 11) is 0. The van der Waals surface area contributed by atoms with Gasteiger partial charge in [-0.3, -0.25) is 0 Å². The maximum Gasteiger partial charge on any atom is 0.104 e. The molecule has 0 fully saturated rings. The minimum absolute atomic E-state index is 0.656. The Morgan fingerprint density at radius 2 is 2.42 bits per heavy atom. The Balaban J connectivity index is 2.79. The molecule has 0 aliphatic carbocycles. The second-order valence-electron chi connectivity index (χ2n) is 2.72. The number of aryl methyl sites for hydroxylation is 1. The maximum absolute atomic E-state index is 8.76. The number of nitrogens with zero attached hydrogens (tertiary/aromatic N) is 1. The predicted molar refractivity (Wildman–Crippen MR) is 52.1 cm³/mol. The average Bonchev–Trinajstić information content (AvgIpc) is 2.43. The summed E-state index contributed by atoms with van der Waals surface area (Å²) in [5, 5.41) is 11.4. The van der Waals surface area contributed by atoms with E-state index in [-0.39, 0.29) is 0 Å². The lowest BCUT2D eigenvalue weighted by molar-refractivity contribution is 0.796. The van der Waals surface area contributed by atoms with Crippen LogP contribution in [0.2, 0.25) is 0 Å². The van der Waals surface area contributed by atoms with Gasteiger partial charge in [0.15, 0.2) is 0 Å². The van der Waals surface area contributed by atoms with Crippen LogP contribution in [0, 0.1) is 11.3 Å². The summed E-state index contributed by atoms with van der Waals surface area (Å²) in [5.41, 5.74) is 7.42. The molecule has 0 spiro atoms. The highest BCUT2D eigenvalue weighted by Crippen LogP contribution is 2.25. The fourth-order valence-electron chi connectivity index (χ4n) is 1.09. The average molecular weight is 180 g/mol. The summed E-state index contributed by atoms with van der Waals surface area (Å²) >= 11 is 1.46. The van der Waals surface area contributed by atoms with Gasteiger partial charge < -0.3 is 5.73 Å². The minimum Gasteiger partial charge on any atom is -0.389 e. The number of hydrogen-bond acceptors (Lipinski definition) is 3. The van der Waals surface area contributed by atoms with Crippen molar-refractivity contribution in [1.29, 1.82) is 5.26 Å². The number of nitriles is 1. The van der Waals surface area contributed by atoms with E-state index in [2.05, 4.69) is 13.0 Å². The van der Waals surface area contributed by atoms with Crippen molar-refractivity contribution in [2.24, 2.45) is 0 Å². The fourth-order valence-corrected chi connectivity index (χ4v) is 1.89. The number of thiophene rings is 1. The lowest BCUT2D eigenvalue weighted by Gasteiger charge is -1.95. The maximum atomic E-state index is 8.76. The molecule has 0 atom stereocenters. The molecule has 0 saturated carbocycles. The van der Waals surface area contributed by atoms with Crippen LogP contribution < -0.4 is 5.73 Å². The first kappa shape index (κ1) is 9.08. The number of hydrogen-bond donors (Lipinski definition) is 1. The van der Waals surface area contributed by atoms with Gasteiger partial charge in [-0.2, -0.15) is 5.26 Å². The molecule has 0 radical (unpaired) electrons. The molecule has 1 aromatic rings. The number of rotatable bonds is 3. The van der Waals surface area contributed by atoms with Gasteiger partial charge in [0.25, 0.3) is 0 Å². The summed E-state index contributed by atoms with van der Waals surface area (Å²) in [6.07, 6.45) is 3.26. The van der Waals surface area contributed by atoms with Crippen LogP contribution in [0.5, 0.6) is 0 Å². The highest BCUT2D eigenvalue weighted by Gasteiger charge is 2.07. The Kier molecular flexibility index (Phi) is 3.12. The highest BCUT2D eigenvalue weighted by molar-refractivity contribution is 7.14. The summed E-state index contributed by atoms with van der Waals surface area (Å²) in [5.74, 6) is 0. The third-order valence-corrected chi connectivity index (χ3v) is 2.67. The van der Waals surface area contributed by atoms with Crippen LogP contribution >= 0.6 is 11.3 Å². The second kappa shape index (κ2) is 4.13. The lowest BCUT2D eigenvalue weighted by atomic mass is 10.1. The van der Waals surface area contributed by atoms with Gasteiger partial charge in [0.1, 0.15) is 11.1 Å². The second-order valence-corrected chi connectivity index (χ2v) is 3.63. The van der Waals surface area contributed by atoms with Crippen molar-refractivity contribution in [2.75, 3.05) is 5.73 Å². The molecular formula is C9H12N2S. The number of anilines is 1. The molecule has 1 aromatic heterocycles. The first-order valence-electron chi connectivity index (χ1n) is 4.05. The van der Waals surface area contributed by atoms with Crippen LogP contribution in [0.4, 0.5) is 5.00 Å². The molecule has 0 amide bonds. The van der Waals surface area contributed by atoms with Crippen molar-refractivity contribution in [3.8, 4) is 6.07 Å². The Hall–Kier alpha value is -1.01. The molecule has 2 nitrogen and oxygen atoms in total. The van der Waals surface area contributed by atoms with E-state index < -0.39 is 0 Å². The lowest BCUT2D eigenvalue weighted by Crippen LogP contribution is -1.88. The van der Waals surface area contributed by atoms with Crippen molar-refractivity contribution in [1.82, 2.24) is 0 Å². The zero-order chi connectivity index (χ0) is 8.97. The molecule has 0 aliphatic heterocycles. The molecule has 1 rings (SSSR count). The van der Waals surface area contributed by atoms with Crippen molar-refractivity contribution in [2.45, 2.75) is 26.2 Å². The van der Waals surface area contributed by atoms with Crippen LogP contribution in [-0.4, -0.2) is 0 Å². The van der Waals surface area contributed by atoms with Gasteiger partial charge in [0.05, 0.1) is 5.56 Å². The Morgan fingerprint density at radius 1 is 1.67 bits per heavy atom. The molecule has 0 saturated heterocycles. The van der Waals surface area contributed by atoms with Crippen molar-refractivity contribution >= 4 is 16.3 Å². The van der Waals surface area contributed by atoms with Gasteiger partial charge in [-0.05, 0) is 23.8 Å². The Labute approximate surface area is 76.6 Å². The zero-order valence-electron chi connectivity index (χ0n) is 7.13. The molecule has 3 heteroatoms. The topological polar surface area (TPSA) is 49.8 Å². The highest BCUT2D eigenvalue weighted by atomic mass is 32.1.